The zero-order chi connectivity index (χ0) is 29.1. The number of fused-ring (bicyclic) bond motifs is 1. The van der Waals surface area contributed by atoms with E-state index in [9.17, 15) is 23.1 Å². The quantitative estimate of drug-likeness (QED) is 0.410. The Morgan fingerprint density at radius 1 is 0.951 bits per heavy atom. The van der Waals surface area contributed by atoms with Crippen molar-refractivity contribution in [3.63, 3.8) is 0 Å². The summed E-state index contributed by atoms with van der Waals surface area (Å²) >= 11 is 0. The van der Waals surface area contributed by atoms with E-state index in [0.29, 0.717) is 17.9 Å². The van der Waals surface area contributed by atoms with E-state index < -0.39 is 27.9 Å². The smallest absolute Gasteiger partial charge is 0.326 e. The summed E-state index contributed by atoms with van der Waals surface area (Å²) in [5.41, 5.74) is 1.95. The van der Waals surface area contributed by atoms with Crippen LogP contribution in [0.3, 0.4) is 0 Å². The molecule has 0 radical (unpaired) electrons. The van der Waals surface area contributed by atoms with Crippen molar-refractivity contribution in [2.75, 3.05) is 30.9 Å². The van der Waals surface area contributed by atoms with Crippen molar-refractivity contribution < 1.29 is 23.1 Å². The monoisotopic (exact) mass is 582 g/mol. The van der Waals surface area contributed by atoms with E-state index in [0.717, 1.165) is 63.5 Å². The number of anilines is 3. The Balaban J connectivity index is 1.59. The number of likely N-dealkylation sites (N-methyl/N-ethyl adjacent to an activating group) is 1. The van der Waals surface area contributed by atoms with Gasteiger partial charge < -0.3 is 20.6 Å². The zero-order valence-electron chi connectivity index (χ0n) is 24.0. The van der Waals surface area contributed by atoms with Crippen LogP contribution in [-0.2, 0) is 14.8 Å². The van der Waals surface area contributed by atoms with Crippen molar-refractivity contribution in [3.05, 3.63) is 48.0 Å². The van der Waals surface area contributed by atoms with Gasteiger partial charge in [0.1, 0.15) is 10.9 Å². The molecule has 10 heteroatoms. The van der Waals surface area contributed by atoms with Crippen LogP contribution < -0.4 is 15.5 Å². The summed E-state index contributed by atoms with van der Waals surface area (Å²) in [7, 11) is -0.637. The molecule has 41 heavy (non-hydrogen) atoms. The van der Waals surface area contributed by atoms with E-state index >= 15 is 0 Å². The minimum Gasteiger partial charge on any atom is -0.480 e. The summed E-state index contributed by atoms with van der Waals surface area (Å²) in [5.74, 6) is -1.57. The Labute approximate surface area is 243 Å². The van der Waals surface area contributed by atoms with E-state index in [1.807, 2.05) is 30.3 Å². The second kappa shape index (κ2) is 12.4. The van der Waals surface area contributed by atoms with E-state index in [2.05, 4.69) is 15.5 Å². The molecular weight excluding hydrogens is 540 g/mol. The molecule has 2 atom stereocenters. The molecule has 3 aliphatic rings. The number of benzene rings is 2. The van der Waals surface area contributed by atoms with Gasteiger partial charge in [0.15, 0.2) is 0 Å². The van der Waals surface area contributed by atoms with Crippen LogP contribution in [0.5, 0.6) is 0 Å². The van der Waals surface area contributed by atoms with E-state index in [4.69, 9.17) is 0 Å². The van der Waals surface area contributed by atoms with Gasteiger partial charge in [0.25, 0.3) is 5.91 Å². The Bertz CT molecular complexity index is 1350. The molecule has 1 heterocycles. The average molecular weight is 583 g/mol. The van der Waals surface area contributed by atoms with Gasteiger partial charge in [-0.25, -0.2) is 13.2 Å². The summed E-state index contributed by atoms with van der Waals surface area (Å²) < 4.78 is 30.0. The SMILES string of the molecule is CNc1cc2c(cc1C(=O)N[C@H](C(=O)O)C1CCCCC1)S(=O)(=O)N(C)[C@H](C1CCCCC1)CN2c1ccccc1. The summed E-state index contributed by atoms with van der Waals surface area (Å²) in [6.07, 6.45) is 9.75. The minimum atomic E-state index is -3.98. The molecule has 2 aromatic rings. The predicted molar refractivity (Wildman–Crippen MR) is 160 cm³/mol. The van der Waals surface area contributed by atoms with Gasteiger partial charge in [-0.05, 0) is 61.8 Å². The molecule has 0 bridgehead atoms. The first kappa shape index (κ1) is 29.4. The Morgan fingerprint density at radius 2 is 1.59 bits per heavy atom. The highest BCUT2D eigenvalue weighted by Crippen LogP contribution is 2.43. The summed E-state index contributed by atoms with van der Waals surface area (Å²) in [6.45, 7) is 0.495. The molecule has 0 spiro atoms. The lowest BCUT2D eigenvalue weighted by atomic mass is 9.83. The maximum atomic E-state index is 14.3. The highest BCUT2D eigenvalue weighted by atomic mass is 32.2. The molecule has 0 aromatic heterocycles. The maximum absolute atomic E-state index is 14.3. The number of carbonyl (C=O) groups is 2. The number of carboxylic acids is 1. The second-order valence-corrected chi connectivity index (χ2v) is 13.7. The number of carboxylic acid groups (broad SMARTS) is 1. The highest BCUT2D eigenvalue weighted by molar-refractivity contribution is 7.89. The summed E-state index contributed by atoms with van der Waals surface area (Å²) in [5, 5.41) is 15.8. The number of sulfonamides is 1. The number of amides is 1. The van der Waals surface area contributed by atoms with Gasteiger partial charge in [0.2, 0.25) is 10.0 Å². The molecule has 0 saturated heterocycles. The first-order valence-electron chi connectivity index (χ1n) is 14.9. The Kier molecular flexibility index (Phi) is 8.89. The molecule has 3 N–H and O–H groups in total. The lowest BCUT2D eigenvalue weighted by Gasteiger charge is -2.36. The number of rotatable bonds is 7. The summed E-state index contributed by atoms with van der Waals surface area (Å²) in [6, 6.07) is 11.7. The third-order valence-electron chi connectivity index (χ3n) is 9.33. The normalized spacial score (nSPS) is 22.8. The minimum absolute atomic E-state index is 0.0517. The number of carbonyl (C=O) groups excluding carboxylic acids is 1. The standard InChI is InChI=1S/C31H42N4O5S/c1-32-25-19-26-28(18-24(25)30(36)33-29(31(37)38)22-14-8-4-9-15-22)41(39,40)34(2)27(21-12-6-3-7-13-21)20-35(26)23-16-10-5-11-17-23/h5,10-11,16-19,21-22,27,29,32H,3-4,6-9,12-15,20H2,1-2H3,(H,33,36)(H,37,38)/t27-,29-/m0/s1. The maximum Gasteiger partial charge on any atom is 0.326 e. The van der Waals surface area contributed by atoms with E-state index in [-0.39, 0.29) is 28.3 Å². The molecule has 2 fully saturated rings. The van der Waals surface area contributed by atoms with Crippen LogP contribution in [0, 0.1) is 11.8 Å². The molecule has 222 valence electrons. The number of para-hydroxylation sites is 1. The number of hydrogen-bond acceptors (Lipinski definition) is 6. The number of hydrogen-bond donors (Lipinski definition) is 3. The fraction of sp³-hybridized carbons (Fsp3) is 0.548. The van der Waals surface area contributed by atoms with Crippen molar-refractivity contribution in [2.24, 2.45) is 11.8 Å². The number of nitrogens with zero attached hydrogens (tertiary/aromatic N) is 2. The van der Waals surface area contributed by atoms with Crippen molar-refractivity contribution in [2.45, 2.75) is 81.2 Å². The van der Waals surface area contributed by atoms with E-state index in [1.54, 1.807) is 20.2 Å². The molecule has 2 saturated carbocycles. The molecule has 1 amide bonds. The average Bonchev–Trinajstić information content (AvgIpc) is 3.08. The van der Waals surface area contributed by atoms with Crippen LogP contribution in [0.1, 0.15) is 74.6 Å². The van der Waals surface area contributed by atoms with Crippen LogP contribution in [0.2, 0.25) is 0 Å². The Morgan fingerprint density at radius 3 is 2.20 bits per heavy atom. The van der Waals surface area contributed by atoms with Crippen molar-refractivity contribution in [3.8, 4) is 0 Å². The van der Waals surface area contributed by atoms with Gasteiger partial charge in [-0.2, -0.15) is 4.31 Å². The van der Waals surface area contributed by atoms with Crippen LogP contribution >= 0.6 is 0 Å². The molecule has 2 aromatic carbocycles. The lowest BCUT2D eigenvalue weighted by molar-refractivity contribution is -0.141. The first-order chi connectivity index (χ1) is 19.7. The fourth-order valence-electron chi connectivity index (χ4n) is 7.00. The molecule has 0 unspecified atom stereocenters. The van der Waals surface area contributed by atoms with Crippen LogP contribution in [0.4, 0.5) is 17.1 Å². The molecular formula is C31H42N4O5S. The van der Waals surface area contributed by atoms with Crippen molar-refractivity contribution in [1.82, 2.24) is 9.62 Å². The predicted octanol–water partition coefficient (Wildman–Crippen LogP) is 5.21. The van der Waals surface area contributed by atoms with Crippen LogP contribution in [0.15, 0.2) is 47.4 Å². The molecule has 2 aliphatic carbocycles. The van der Waals surface area contributed by atoms with Crippen LogP contribution in [-0.4, -0.2) is 62.4 Å². The number of nitrogens with one attached hydrogen (secondary N) is 2. The molecule has 9 nitrogen and oxygen atoms in total. The number of aliphatic carboxylic acids is 1. The lowest BCUT2D eigenvalue weighted by Crippen LogP contribution is -2.46. The fourth-order valence-corrected chi connectivity index (χ4v) is 8.61. The van der Waals surface area contributed by atoms with Gasteiger partial charge >= 0.3 is 5.97 Å². The zero-order valence-corrected chi connectivity index (χ0v) is 24.8. The Hall–Kier alpha value is -3.11. The van der Waals surface area contributed by atoms with Gasteiger partial charge in [-0.3, -0.25) is 4.79 Å². The summed E-state index contributed by atoms with van der Waals surface area (Å²) in [4.78, 5) is 28.0. The third-order valence-corrected chi connectivity index (χ3v) is 11.2. The van der Waals surface area contributed by atoms with Crippen molar-refractivity contribution in [1.29, 1.82) is 0 Å². The first-order valence-corrected chi connectivity index (χ1v) is 16.4. The van der Waals surface area contributed by atoms with Crippen molar-refractivity contribution >= 4 is 39.0 Å². The molecule has 1 aliphatic heterocycles. The van der Waals surface area contributed by atoms with Gasteiger partial charge in [-0.1, -0.05) is 56.7 Å². The second-order valence-electron chi connectivity index (χ2n) is 11.7. The largest absolute Gasteiger partial charge is 0.480 e. The van der Waals surface area contributed by atoms with E-state index in [1.165, 1.54) is 16.8 Å². The third kappa shape index (κ3) is 5.95. The highest BCUT2D eigenvalue weighted by Gasteiger charge is 2.42. The van der Waals surface area contributed by atoms with Gasteiger partial charge in [0.05, 0.1) is 11.3 Å². The van der Waals surface area contributed by atoms with Gasteiger partial charge in [-0.15, -0.1) is 0 Å². The topological polar surface area (TPSA) is 119 Å². The van der Waals surface area contributed by atoms with Crippen LogP contribution in [0.25, 0.3) is 0 Å². The molecule has 5 rings (SSSR count). The van der Waals surface area contributed by atoms with Gasteiger partial charge in [0, 0.05) is 38.1 Å².